The van der Waals surface area contributed by atoms with E-state index in [4.69, 9.17) is 46.4 Å². The molecule has 0 aliphatic heterocycles. The highest BCUT2D eigenvalue weighted by atomic mass is 35.5. The number of hydrogen-bond acceptors (Lipinski definition) is 3. The van der Waals surface area contributed by atoms with E-state index in [0.29, 0.717) is 11.1 Å². The zero-order valence-electron chi connectivity index (χ0n) is 14.8. The molecule has 0 spiro atoms. The number of rotatable bonds is 8. The van der Waals surface area contributed by atoms with Crippen LogP contribution in [-0.4, -0.2) is 33.8 Å². The van der Waals surface area contributed by atoms with Gasteiger partial charge < -0.3 is 10.6 Å². The number of aryl methyl sites for hydroxylation is 1. The van der Waals surface area contributed by atoms with Crippen LogP contribution in [0.2, 0.25) is 0 Å². The summed E-state index contributed by atoms with van der Waals surface area (Å²) in [6.07, 6.45) is -1.84. The Hall–Kier alpha value is -1.50. The first kappa shape index (κ1) is 22.8. The lowest BCUT2D eigenvalue weighted by Crippen LogP contribution is -2.60. The van der Waals surface area contributed by atoms with E-state index >= 15 is 0 Å². The molecule has 2 aromatic rings. The third-order valence-electron chi connectivity index (χ3n) is 3.79. The van der Waals surface area contributed by atoms with E-state index in [1.165, 1.54) is 0 Å². The third kappa shape index (κ3) is 6.83. The van der Waals surface area contributed by atoms with Crippen molar-refractivity contribution in [3.63, 3.8) is 0 Å². The van der Waals surface area contributed by atoms with Crippen molar-refractivity contribution in [2.24, 2.45) is 0 Å². The number of halogens is 4. The van der Waals surface area contributed by atoms with Crippen molar-refractivity contribution in [2.45, 2.75) is 28.9 Å². The van der Waals surface area contributed by atoms with Gasteiger partial charge in [0, 0.05) is 11.1 Å². The Kier molecular flexibility index (Phi) is 8.86. The van der Waals surface area contributed by atoms with Crippen molar-refractivity contribution in [2.75, 3.05) is 0 Å². The molecule has 9 heteroatoms. The number of alkyl halides is 4. The number of carbonyl (C=O) groups excluding carboxylic acids is 2. The molecule has 0 saturated heterocycles. The molecule has 0 unspecified atom stereocenters. The Bertz CT molecular complexity index is 786. The van der Waals surface area contributed by atoms with Crippen LogP contribution in [-0.2, 0) is 0 Å². The molecule has 0 aliphatic rings. The molecule has 0 fully saturated rings. The van der Waals surface area contributed by atoms with E-state index in [2.05, 4.69) is 16.0 Å². The lowest BCUT2D eigenvalue weighted by atomic mass is 10.1. The molecule has 2 amide bonds. The zero-order chi connectivity index (χ0) is 20.7. The molecule has 0 bridgehead atoms. The fourth-order valence-electron chi connectivity index (χ4n) is 2.29. The summed E-state index contributed by atoms with van der Waals surface area (Å²) >= 11 is 24.0. The third-order valence-corrected chi connectivity index (χ3v) is 4.79. The van der Waals surface area contributed by atoms with Crippen LogP contribution >= 0.6 is 46.4 Å². The van der Waals surface area contributed by atoms with E-state index < -0.39 is 33.8 Å². The minimum atomic E-state index is -1.03. The SMILES string of the molecule is Cc1ccc(C(=O)N[C@@H](N[C@@H](NC(=O)c2ccccc2)C(Cl)Cl)C(Cl)Cl)cc1. The maximum Gasteiger partial charge on any atom is 0.252 e. The first-order valence-corrected chi connectivity index (χ1v) is 10.1. The highest BCUT2D eigenvalue weighted by molar-refractivity contribution is 6.45. The van der Waals surface area contributed by atoms with Gasteiger partial charge in [-0.2, -0.15) is 0 Å². The summed E-state index contributed by atoms with van der Waals surface area (Å²) in [5.41, 5.74) is 1.89. The Balaban J connectivity index is 2.07. The van der Waals surface area contributed by atoms with Crippen molar-refractivity contribution >= 4 is 58.2 Å². The molecule has 2 aromatic carbocycles. The molecule has 0 aromatic heterocycles. The largest absolute Gasteiger partial charge is 0.334 e. The Labute approximate surface area is 183 Å². The van der Waals surface area contributed by atoms with Crippen molar-refractivity contribution in [1.82, 2.24) is 16.0 Å². The predicted molar refractivity (Wildman–Crippen MR) is 114 cm³/mol. The number of hydrogen-bond donors (Lipinski definition) is 3. The van der Waals surface area contributed by atoms with Gasteiger partial charge in [-0.15, -0.1) is 46.4 Å². The number of carbonyl (C=O) groups is 2. The van der Waals surface area contributed by atoms with Gasteiger partial charge >= 0.3 is 0 Å². The first-order valence-electron chi connectivity index (χ1n) is 8.33. The molecule has 0 saturated carbocycles. The van der Waals surface area contributed by atoms with Crippen molar-refractivity contribution in [3.05, 3.63) is 71.3 Å². The second kappa shape index (κ2) is 10.9. The van der Waals surface area contributed by atoms with Crippen LogP contribution in [0.4, 0.5) is 0 Å². The lowest BCUT2D eigenvalue weighted by Gasteiger charge is -2.28. The van der Waals surface area contributed by atoms with Gasteiger partial charge in [-0.1, -0.05) is 35.9 Å². The molecule has 0 aliphatic carbocycles. The average Bonchev–Trinajstić information content (AvgIpc) is 2.67. The summed E-state index contributed by atoms with van der Waals surface area (Å²) in [4.78, 5) is 22.7. The number of nitrogens with one attached hydrogen (secondary N) is 3. The van der Waals surface area contributed by atoms with Crippen LogP contribution in [0.5, 0.6) is 0 Å². The van der Waals surface area contributed by atoms with E-state index in [1.807, 2.05) is 19.1 Å². The second-order valence-corrected chi connectivity index (χ2v) is 8.30. The van der Waals surface area contributed by atoms with Gasteiger partial charge in [0.1, 0.15) is 22.0 Å². The zero-order valence-corrected chi connectivity index (χ0v) is 17.9. The number of amides is 2. The molecule has 2 rings (SSSR count). The maximum atomic E-state index is 12.4. The van der Waals surface area contributed by atoms with Crippen LogP contribution in [0.1, 0.15) is 26.3 Å². The van der Waals surface area contributed by atoms with Crippen LogP contribution in [0, 0.1) is 6.92 Å². The quantitative estimate of drug-likeness (QED) is 0.410. The van der Waals surface area contributed by atoms with Gasteiger partial charge in [0.05, 0.1) is 0 Å². The fourth-order valence-corrected chi connectivity index (χ4v) is 2.83. The minimum absolute atomic E-state index is 0.391. The molecule has 2 atom stereocenters. The Morgan fingerprint density at radius 3 is 1.57 bits per heavy atom. The fraction of sp³-hybridized carbons (Fsp3) is 0.263. The van der Waals surface area contributed by atoms with E-state index in [9.17, 15) is 9.59 Å². The van der Waals surface area contributed by atoms with Gasteiger partial charge in [-0.3, -0.25) is 14.9 Å². The van der Waals surface area contributed by atoms with Gasteiger partial charge in [0.25, 0.3) is 11.8 Å². The second-order valence-electron chi connectivity index (χ2n) is 5.97. The molecule has 150 valence electrons. The molecular formula is C19H19Cl4N3O2. The average molecular weight is 463 g/mol. The van der Waals surface area contributed by atoms with Gasteiger partial charge in [-0.05, 0) is 31.2 Å². The van der Waals surface area contributed by atoms with Crippen LogP contribution in [0.15, 0.2) is 54.6 Å². The minimum Gasteiger partial charge on any atom is -0.334 e. The van der Waals surface area contributed by atoms with Crippen LogP contribution < -0.4 is 16.0 Å². The summed E-state index contributed by atoms with van der Waals surface area (Å²) < 4.78 is 0. The van der Waals surface area contributed by atoms with Crippen molar-refractivity contribution < 1.29 is 9.59 Å². The predicted octanol–water partition coefficient (Wildman–Crippen LogP) is 4.00. The first-order chi connectivity index (χ1) is 13.3. The maximum absolute atomic E-state index is 12.4. The van der Waals surface area contributed by atoms with Gasteiger partial charge in [0.15, 0.2) is 0 Å². The van der Waals surface area contributed by atoms with E-state index in [1.54, 1.807) is 42.5 Å². The molecule has 0 radical (unpaired) electrons. The van der Waals surface area contributed by atoms with E-state index in [-0.39, 0.29) is 0 Å². The number of benzene rings is 2. The van der Waals surface area contributed by atoms with E-state index in [0.717, 1.165) is 5.56 Å². The topological polar surface area (TPSA) is 70.2 Å². The summed E-state index contributed by atoms with van der Waals surface area (Å²) in [5, 5.41) is 8.20. The lowest BCUT2D eigenvalue weighted by molar-refractivity contribution is 0.0911. The molecule has 3 N–H and O–H groups in total. The monoisotopic (exact) mass is 461 g/mol. The van der Waals surface area contributed by atoms with Gasteiger partial charge in [0.2, 0.25) is 0 Å². The summed E-state index contributed by atoms with van der Waals surface area (Å²) in [6.45, 7) is 1.92. The molecule has 5 nitrogen and oxygen atoms in total. The summed E-state index contributed by atoms with van der Waals surface area (Å²) in [7, 11) is 0. The van der Waals surface area contributed by atoms with Crippen LogP contribution in [0.25, 0.3) is 0 Å². The van der Waals surface area contributed by atoms with Crippen LogP contribution in [0.3, 0.4) is 0 Å². The summed E-state index contributed by atoms with van der Waals surface area (Å²) in [6, 6.07) is 15.5. The molecular weight excluding hydrogens is 444 g/mol. The van der Waals surface area contributed by atoms with Crippen molar-refractivity contribution in [3.8, 4) is 0 Å². The summed E-state index contributed by atoms with van der Waals surface area (Å²) in [5.74, 6) is -0.786. The Morgan fingerprint density at radius 2 is 1.14 bits per heavy atom. The normalized spacial score (nSPS) is 13.2. The molecule has 28 heavy (non-hydrogen) atoms. The highest BCUT2D eigenvalue weighted by Gasteiger charge is 2.28. The smallest absolute Gasteiger partial charge is 0.252 e. The molecule has 0 heterocycles. The Morgan fingerprint density at radius 1 is 0.714 bits per heavy atom. The highest BCUT2D eigenvalue weighted by Crippen LogP contribution is 2.13. The standard InChI is InChI=1S/C19H19Cl4N3O2/c1-11-7-9-13(10-8-11)19(28)26-17(15(22)23)24-16(14(20)21)25-18(27)12-5-3-2-4-6-12/h2-10,14-17,24H,1H3,(H,25,27)(H,26,28)/t16-,17+/m0/s1. The van der Waals surface area contributed by atoms with Gasteiger partial charge in [-0.25, -0.2) is 0 Å². The van der Waals surface area contributed by atoms with Crippen molar-refractivity contribution in [1.29, 1.82) is 0 Å².